The van der Waals surface area contributed by atoms with Crippen molar-refractivity contribution >= 4 is 6.29 Å². The fourth-order valence-corrected chi connectivity index (χ4v) is 2.13. The van der Waals surface area contributed by atoms with Crippen LogP contribution in [0.25, 0.3) is 0 Å². The number of aromatic nitrogens is 2. The molecule has 1 aromatic heterocycles. The van der Waals surface area contributed by atoms with E-state index in [4.69, 9.17) is 4.74 Å². The van der Waals surface area contributed by atoms with Crippen molar-refractivity contribution in [1.29, 1.82) is 0 Å². The fraction of sp³-hybridized carbons (Fsp3) is 0.333. The van der Waals surface area contributed by atoms with Gasteiger partial charge in [-0.1, -0.05) is 13.8 Å². The van der Waals surface area contributed by atoms with E-state index in [1.807, 2.05) is 18.3 Å². The first-order valence-corrected chi connectivity index (χ1v) is 6.28. The summed E-state index contributed by atoms with van der Waals surface area (Å²) in [6.45, 7) is 4.87. The van der Waals surface area contributed by atoms with Gasteiger partial charge in [0.25, 0.3) is 0 Å². The van der Waals surface area contributed by atoms with Gasteiger partial charge < -0.3 is 9.30 Å². The number of rotatable bonds is 5. The van der Waals surface area contributed by atoms with E-state index in [-0.39, 0.29) is 0 Å². The monoisotopic (exact) mass is 258 g/mol. The Morgan fingerprint density at radius 1 is 1.42 bits per heavy atom. The van der Waals surface area contributed by atoms with Crippen molar-refractivity contribution in [1.82, 2.24) is 9.55 Å². The van der Waals surface area contributed by atoms with Crippen molar-refractivity contribution in [2.45, 2.75) is 26.3 Å². The summed E-state index contributed by atoms with van der Waals surface area (Å²) in [5, 5.41) is 0. The summed E-state index contributed by atoms with van der Waals surface area (Å²) in [5.41, 5.74) is 1.63. The van der Waals surface area contributed by atoms with Crippen LogP contribution in [0.4, 0.5) is 0 Å². The molecule has 0 saturated heterocycles. The molecule has 0 atom stereocenters. The van der Waals surface area contributed by atoms with E-state index >= 15 is 0 Å². The Hall–Kier alpha value is -2.10. The van der Waals surface area contributed by atoms with E-state index in [0.717, 1.165) is 23.4 Å². The highest BCUT2D eigenvalue weighted by molar-refractivity contribution is 5.75. The number of aldehydes is 1. The van der Waals surface area contributed by atoms with Gasteiger partial charge in [0.05, 0.1) is 13.7 Å². The average Bonchev–Trinajstić information content (AvgIpc) is 2.87. The molecule has 0 unspecified atom stereocenters. The smallest absolute Gasteiger partial charge is 0.150 e. The van der Waals surface area contributed by atoms with Crippen LogP contribution < -0.4 is 4.74 Å². The van der Waals surface area contributed by atoms with Crippen LogP contribution in [0.1, 0.15) is 41.5 Å². The number of imidazole rings is 1. The first-order valence-electron chi connectivity index (χ1n) is 6.28. The molecule has 1 heterocycles. The van der Waals surface area contributed by atoms with Crippen LogP contribution in [0, 0.1) is 0 Å². The summed E-state index contributed by atoms with van der Waals surface area (Å²) >= 11 is 0. The van der Waals surface area contributed by atoms with Crippen LogP contribution in [0.5, 0.6) is 5.75 Å². The Kier molecular flexibility index (Phi) is 4.00. The van der Waals surface area contributed by atoms with Gasteiger partial charge in [0.15, 0.2) is 0 Å². The predicted molar refractivity (Wildman–Crippen MR) is 73.8 cm³/mol. The topological polar surface area (TPSA) is 44.1 Å². The van der Waals surface area contributed by atoms with E-state index in [1.165, 1.54) is 0 Å². The van der Waals surface area contributed by atoms with Crippen molar-refractivity contribution in [2.24, 2.45) is 0 Å². The highest BCUT2D eigenvalue weighted by atomic mass is 16.5. The van der Waals surface area contributed by atoms with Crippen molar-refractivity contribution in [2.75, 3.05) is 7.11 Å². The lowest BCUT2D eigenvalue weighted by Gasteiger charge is -2.13. The van der Waals surface area contributed by atoms with E-state index in [9.17, 15) is 4.79 Å². The van der Waals surface area contributed by atoms with Gasteiger partial charge in [-0.2, -0.15) is 0 Å². The largest absolute Gasteiger partial charge is 0.496 e. The van der Waals surface area contributed by atoms with Gasteiger partial charge in [-0.15, -0.1) is 0 Å². The molecule has 0 saturated carbocycles. The Morgan fingerprint density at radius 2 is 2.21 bits per heavy atom. The summed E-state index contributed by atoms with van der Waals surface area (Å²) in [7, 11) is 1.64. The van der Waals surface area contributed by atoms with Crippen LogP contribution in [0.2, 0.25) is 0 Å². The minimum atomic E-state index is 0.357. The average molecular weight is 258 g/mol. The molecule has 0 bridgehead atoms. The SMILES string of the molecule is COc1ccc(C=O)cc1Cn1ccnc1C(C)C. The second kappa shape index (κ2) is 5.69. The molecule has 4 nitrogen and oxygen atoms in total. The molecule has 1 aromatic carbocycles. The molecule has 0 radical (unpaired) electrons. The minimum Gasteiger partial charge on any atom is -0.496 e. The molecule has 19 heavy (non-hydrogen) atoms. The summed E-state index contributed by atoms with van der Waals surface area (Å²) < 4.78 is 7.42. The number of methoxy groups -OCH3 is 1. The number of benzene rings is 1. The van der Waals surface area contributed by atoms with E-state index in [2.05, 4.69) is 23.4 Å². The minimum absolute atomic E-state index is 0.357. The summed E-state index contributed by atoms with van der Waals surface area (Å²) in [6, 6.07) is 5.44. The Bertz CT molecular complexity index is 573. The highest BCUT2D eigenvalue weighted by Gasteiger charge is 2.10. The number of carbonyl (C=O) groups excluding carboxylic acids is 1. The maximum Gasteiger partial charge on any atom is 0.150 e. The third-order valence-corrected chi connectivity index (χ3v) is 3.05. The first kappa shape index (κ1) is 13.3. The molecule has 0 fully saturated rings. The van der Waals surface area contributed by atoms with Crippen LogP contribution in [-0.2, 0) is 6.54 Å². The van der Waals surface area contributed by atoms with E-state index < -0.39 is 0 Å². The maximum absolute atomic E-state index is 10.9. The number of carbonyl (C=O) groups is 1. The third-order valence-electron chi connectivity index (χ3n) is 3.05. The maximum atomic E-state index is 10.9. The molecule has 0 aliphatic heterocycles. The van der Waals surface area contributed by atoms with Gasteiger partial charge in [0.2, 0.25) is 0 Å². The van der Waals surface area contributed by atoms with Crippen LogP contribution in [0.15, 0.2) is 30.6 Å². The molecule has 0 aliphatic rings. The predicted octanol–water partition coefficient (Wildman–Crippen LogP) is 2.88. The quantitative estimate of drug-likeness (QED) is 0.774. The number of nitrogens with zero attached hydrogens (tertiary/aromatic N) is 2. The van der Waals surface area contributed by atoms with Crippen molar-refractivity contribution < 1.29 is 9.53 Å². The van der Waals surface area contributed by atoms with Crippen LogP contribution in [-0.4, -0.2) is 22.9 Å². The standard InChI is InChI=1S/C15H18N2O2/c1-11(2)15-16-6-7-17(15)9-13-8-12(10-18)4-5-14(13)19-3/h4-8,10-11H,9H2,1-3H3. The van der Waals surface area contributed by atoms with E-state index in [0.29, 0.717) is 18.0 Å². The Morgan fingerprint density at radius 3 is 2.84 bits per heavy atom. The molecular formula is C15H18N2O2. The lowest BCUT2D eigenvalue weighted by Crippen LogP contribution is -2.07. The van der Waals surface area contributed by atoms with Gasteiger partial charge in [0, 0.05) is 29.4 Å². The summed E-state index contributed by atoms with van der Waals surface area (Å²) in [6.07, 6.45) is 4.59. The van der Waals surface area contributed by atoms with Gasteiger partial charge >= 0.3 is 0 Å². The van der Waals surface area contributed by atoms with Crippen LogP contribution in [0.3, 0.4) is 0 Å². The van der Waals surface area contributed by atoms with Crippen molar-refractivity contribution in [3.63, 3.8) is 0 Å². The first-order chi connectivity index (χ1) is 9.15. The summed E-state index contributed by atoms with van der Waals surface area (Å²) in [4.78, 5) is 15.2. The molecule has 0 spiro atoms. The van der Waals surface area contributed by atoms with Gasteiger partial charge in [0.1, 0.15) is 17.9 Å². The third kappa shape index (κ3) is 2.84. The van der Waals surface area contributed by atoms with E-state index in [1.54, 1.807) is 19.4 Å². The zero-order chi connectivity index (χ0) is 13.8. The molecular weight excluding hydrogens is 240 g/mol. The number of hydrogen-bond donors (Lipinski definition) is 0. The Labute approximate surface area is 113 Å². The molecule has 100 valence electrons. The lowest BCUT2D eigenvalue weighted by atomic mass is 10.1. The second-order valence-electron chi connectivity index (χ2n) is 4.76. The van der Waals surface area contributed by atoms with Gasteiger partial charge in [-0.25, -0.2) is 4.98 Å². The molecule has 2 aromatic rings. The van der Waals surface area contributed by atoms with Gasteiger partial charge in [-0.3, -0.25) is 4.79 Å². The van der Waals surface area contributed by atoms with Crippen molar-refractivity contribution in [3.05, 3.63) is 47.5 Å². The van der Waals surface area contributed by atoms with Crippen LogP contribution >= 0.6 is 0 Å². The highest BCUT2D eigenvalue weighted by Crippen LogP contribution is 2.22. The fourth-order valence-electron chi connectivity index (χ4n) is 2.13. The normalized spacial score (nSPS) is 10.7. The zero-order valence-electron chi connectivity index (χ0n) is 11.5. The Balaban J connectivity index is 2.36. The van der Waals surface area contributed by atoms with Gasteiger partial charge in [-0.05, 0) is 18.2 Å². The lowest BCUT2D eigenvalue weighted by molar-refractivity contribution is 0.112. The number of ether oxygens (including phenoxy) is 1. The van der Waals surface area contributed by atoms with Crippen molar-refractivity contribution in [3.8, 4) is 5.75 Å². The second-order valence-corrected chi connectivity index (χ2v) is 4.76. The molecule has 0 amide bonds. The number of hydrogen-bond acceptors (Lipinski definition) is 3. The molecule has 0 aliphatic carbocycles. The zero-order valence-corrected chi connectivity index (χ0v) is 11.5. The molecule has 0 N–H and O–H groups in total. The summed E-state index contributed by atoms with van der Waals surface area (Å²) in [5.74, 6) is 2.17. The molecule has 2 rings (SSSR count). The molecule has 4 heteroatoms.